The van der Waals surface area contributed by atoms with Gasteiger partial charge in [-0.3, -0.25) is 9.59 Å². The quantitative estimate of drug-likeness (QED) is 0.540. The van der Waals surface area contributed by atoms with Crippen LogP contribution in [0.2, 0.25) is 0 Å². The molecule has 0 N–H and O–H groups in total. The van der Waals surface area contributed by atoms with E-state index in [-0.39, 0.29) is 18.9 Å². The standard InChI is InChI=1S/C24H25NO6/c1-3-25(13-17-5-7-20-22(11-17)29-9-8-28-20)23(26)15-31-24(27)12-18-14-30-21-10-16(2)4-6-19(18)21/h4-7,10-11,14H,3,8-9,12-13,15H2,1-2H3. The average molecular weight is 423 g/mol. The fourth-order valence-corrected chi connectivity index (χ4v) is 3.55. The molecule has 0 radical (unpaired) electrons. The van der Waals surface area contributed by atoms with Gasteiger partial charge < -0.3 is 23.5 Å². The Hall–Kier alpha value is -3.48. The number of nitrogens with zero attached hydrogens (tertiary/aromatic N) is 1. The van der Waals surface area contributed by atoms with E-state index in [9.17, 15) is 9.59 Å². The molecule has 0 spiro atoms. The molecule has 0 fully saturated rings. The van der Waals surface area contributed by atoms with Gasteiger partial charge in [-0.2, -0.15) is 0 Å². The van der Waals surface area contributed by atoms with Crippen molar-refractivity contribution in [3.8, 4) is 11.5 Å². The minimum Gasteiger partial charge on any atom is -0.486 e. The number of rotatable bonds is 7. The number of likely N-dealkylation sites (N-methyl/N-ethyl adjacent to an activating group) is 1. The first-order valence-corrected chi connectivity index (χ1v) is 10.3. The highest BCUT2D eigenvalue weighted by atomic mass is 16.6. The zero-order valence-corrected chi connectivity index (χ0v) is 17.7. The second-order valence-electron chi connectivity index (χ2n) is 7.48. The number of hydrogen-bond acceptors (Lipinski definition) is 6. The third-order valence-corrected chi connectivity index (χ3v) is 5.22. The molecule has 2 heterocycles. The maximum Gasteiger partial charge on any atom is 0.310 e. The summed E-state index contributed by atoms with van der Waals surface area (Å²) in [4.78, 5) is 26.5. The molecule has 0 atom stereocenters. The van der Waals surface area contributed by atoms with E-state index >= 15 is 0 Å². The third-order valence-electron chi connectivity index (χ3n) is 5.22. The van der Waals surface area contributed by atoms with Gasteiger partial charge in [0.05, 0.1) is 12.7 Å². The lowest BCUT2D eigenvalue weighted by Gasteiger charge is -2.23. The monoisotopic (exact) mass is 423 g/mol. The minimum atomic E-state index is -0.466. The van der Waals surface area contributed by atoms with Crippen LogP contribution in [0.4, 0.5) is 0 Å². The number of esters is 1. The highest BCUT2D eigenvalue weighted by molar-refractivity contribution is 5.87. The number of aryl methyl sites for hydroxylation is 1. The summed E-state index contributed by atoms with van der Waals surface area (Å²) in [6.07, 6.45) is 1.62. The van der Waals surface area contributed by atoms with Gasteiger partial charge in [0.15, 0.2) is 18.1 Å². The number of benzene rings is 2. The molecule has 1 aromatic heterocycles. The Morgan fingerprint density at radius 3 is 2.68 bits per heavy atom. The molecule has 1 aliphatic rings. The van der Waals surface area contributed by atoms with Crippen molar-refractivity contribution in [2.75, 3.05) is 26.4 Å². The molecule has 0 unspecified atom stereocenters. The molecule has 2 aromatic carbocycles. The molecule has 0 bridgehead atoms. The van der Waals surface area contributed by atoms with Crippen LogP contribution in [-0.4, -0.2) is 43.1 Å². The Morgan fingerprint density at radius 2 is 1.87 bits per heavy atom. The summed E-state index contributed by atoms with van der Waals surface area (Å²) in [6.45, 7) is 5.50. The third kappa shape index (κ3) is 4.82. The molecule has 31 heavy (non-hydrogen) atoms. The predicted octanol–water partition coefficient (Wildman–Crippen LogP) is 3.65. The van der Waals surface area contributed by atoms with E-state index in [1.165, 1.54) is 0 Å². The summed E-state index contributed by atoms with van der Waals surface area (Å²) in [5.74, 6) is 0.673. The molecule has 0 saturated heterocycles. The Bertz CT molecular complexity index is 1100. The van der Waals surface area contributed by atoms with Crippen molar-refractivity contribution in [2.45, 2.75) is 26.8 Å². The normalized spacial score (nSPS) is 12.6. The van der Waals surface area contributed by atoms with E-state index in [0.717, 1.165) is 27.7 Å². The van der Waals surface area contributed by atoms with Crippen molar-refractivity contribution >= 4 is 22.8 Å². The van der Waals surface area contributed by atoms with Gasteiger partial charge in [-0.15, -0.1) is 0 Å². The molecular formula is C24H25NO6. The molecule has 1 amide bonds. The molecule has 7 heteroatoms. The topological polar surface area (TPSA) is 78.2 Å². The molecule has 1 aliphatic heterocycles. The van der Waals surface area contributed by atoms with E-state index in [0.29, 0.717) is 37.8 Å². The summed E-state index contributed by atoms with van der Waals surface area (Å²) in [6, 6.07) is 11.4. The summed E-state index contributed by atoms with van der Waals surface area (Å²) in [5.41, 5.74) is 3.48. The molecule has 0 aliphatic carbocycles. The van der Waals surface area contributed by atoms with Crippen LogP contribution in [0.15, 0.2) is 47.1 Å². The molecule has 162 valence electrons. The van der Waals surface area contributed by atoms with Gasteiger partial charge in [-0.05, 0) is 43.2 Å². The highest BCUT2D eigenvalue weighted by Crippen LogP contribution is 2.31. The van der Waals surface area contributed by atoms with E-state index in [4.69, 9.17) is 18.6 Å². The first-order chi connectivity index (χ1) is 15.0. The Kier molecular flexibility index (Phi) is 6.11. The van der Waals surface area contributed by atoms with Gasteiger partial charge in [-0.1, -0.05) is 18.2 Å². The van der Waals surface area contributed by atoms with Crippen LogP contribution in [-0.2, 0) is 27.3 Å². The number of amides is 1. The van der Waals surface area contributed by atoms with Gasteiger partial charge in [0, 0.05) is 24.0 Å². The van der Waals surface area contributed by atoms with Crippen LogP contribution in [0.1, 0.15) is 23.6 Å². The Morgan fingerprint density at radius 1 is 1.06 bits per heavy atom. The van der Waals surface area contributed by atoms with Crippen LogP contribution < -0.4 is 9.47 Å². The predicted molar refractivity (Wildman–Crippen MR) is 114 cm³/mol. The zero-order chi connectivity index (χ0) is 21.8. The number of fused-ring (bicyclic) bond motifs is 2. The van der Waals surface area contributed by atoms with Crippen LogP contribution in [0.5, 0.6) is 11.5 Å². The van der Waals surface area contributed by atoms with Crippen LogP contribution in [0.3, 0.4) is 0 Å². The fourth-order valence-electron chi connectivity index (χ4n) is 3.55. The number of hydrogen-bond donors (Lipinski definition) is 0. The minimum absolute atomic E-state index is 0.0532. The van der Waals surface area contributed by atoms with Gasteiger partial charge in [0.2, 0.25) is 0 Å². The van der Waals surface area contributed by atoms with Crippen LogP contribution in [0, 0.1) is 6.92 Å². The van der Waals surface area contributed by atoms with Gasteiger partial charge >= 0.3 is 5.97 Å². The number of carbonyl (C=O) groups is 2. The maximum absolute atomic E-state index is 12.6. The number of furan rings is 1. The summed E-state index contributed by atoms with van der Waals surface area (Å²) >= 11 is 0. The fraction of sp³-hybridized carbons (Fsp3) is 0.333. The summed E-state index contributed by atoms with van der Waals surface area (Å²) in [5, 5.41) is 0.877. The van der Waals surface area contributed by atoms with E-state index in [1.807, 2.05) is 50.2 Å². The van der Waals surface area contributed by atoms with E-state index in [1.54, 1.807) is 11.2 Å². The molecule has 0 saturated carbocycles. The molecular weight excluding hydrogens is 398 g/mol. The second kappa shape index (κ2) is 9.12. The Balaban J connectivity index is 1.32. The van der Waals surface area contributed by atoms with E-state index < -0.39 is 5.97 Å². The number of ether oxygens (including phenoxy) is 3. The maximum atomic E-state index is 12.6. The smallest absolute Gasteiger partial charge is 0.310 e. The lowest BCUT2D eigenvalue weighted by atomic mass is 10.1. The first-order valence-electron chi connectivity index (χ1n) is 10.3. The largest absolute Gasteiger partial charge is 0.486 e. The van der Waals surface area contributed by atoms with Crippen molar-refractivity contribution in [3.63, 3.8) is 0 Å². The van der Waals surface area contributed by atoms with Crippen molar-refractivity contribution in [2.24, 2.45) is 0 Å². The van der Waals surface area contributed by atoms with Crippen molar-refractivity contribution in [3.05, 3.63) is 59.4 Å². The Labute approximate surface area is 180 Å². The SMILES string of the molecule is CCN(Cc1ccc2c(c1)OCCO2)C(=O)COC(=O)Cc1coc2cc(C)ccc12. The molecule has 7 nitrogen and oxygen atoms in total. The lowest BCUT2D eigenvalue weighted by molar-refractivity contribution is -0.151. The van der Waals surface area contributed by atoms with Crippen LogP contribution in [0.25, 0.3) is 11.0 Å². The molecule has 4 rings (SSSR count). The van der Waals surface area contributed by atoms with Crippen molar-refractivity contribution in [1.29, 1.82) is 0 Å². The lowest BCUT2D eigenvalue weighted by Crippen LogP contribution is -2.34. The van der Waals surface area contributed by atoms with Gasteiger partial charge in [0.1, 0.15) is 18.8 Å². The summed E-state index contributed by atoms with van der Waals surface area (Å²) in [7, 11) is 0. The average Bonchev–Trinajstić information content (AvgIpc) is 3.17. The number of carbonyl (C=O) groups excluding carboxylic acids is 2. The molecule has 3 aromatic rings. The van der Waals surface area contributed by atoms with Crippen LogP contribution >= 0.6 is 0 Å². The first kappa shape index (κ1) is 20.8. The summed E-state index contributed by atoms with van der Waals surface area (Å²) < 4.78 is 21.9. The second-order valence-corrected chi connectivity index (χ2v) is 7.48. The zero-order valence-electron chi connectivity index (χ0n) is 17.7. The van der Waals surface area contributed by atoms with Crippen molar-refractivity contribution in [1.82, 2.24) is 4.90 Å². The van der Waals surface area contributed by atoms with Crippen molar-refractivity contribution < 1.29 is 28.2 Å². The van der Waals surface area contributed by atoms with Gasteiger partial charge in [-0.25, -0.2) is 0 Å². The van der Waals surface area contributed by atoms with E-state index in [2.05, 4.69) is 0 Å². The van der Waals surface area contributed by atoms with Gasteiger partial charge in [0.25, 0.3) is 5.91 Å². The highest BCUT2D eigenvalue weighted by Gasteiger charge is 2.18.